The lowest BCUT2D eigenvalue weighted by Gasteiger charge is -2.07. The zero-order valence-corrected chi connectivity index (χ0v) is 7.75. The second-order valence-electron chi connectivity index (χ2n) is 3.23. The van der Waals surface area contributed by atoms with Gasteiger partial charge in [-0.05, 0) is 5.92 Å². The SMILES string of the molecule is CC(C)c1c(F)cc([N+](=O)[O-])cc1F. The van der Waals surface area contributed by atoms with Gasteiger partial charge in [0.15, 0.2) is 0 Å². The Morgan fingerprint density at radius 1 is 1.29 bits per heavy atom. The lowest BCUT2D eigenvalue weighted by atomic mass is 10.0. The first kappa shape index (κ1) is 10.6. The van der Waals surface area contributed by atoms with Gasteiger partial charge in [0, 0.05) is 5.56 Å². The molecule has 0 amide bonds. The van der Waals surface area contributed by atoms with Crippen molar-refractivity contribution in [1.82, 2.24) is 0 Å². The minimum absolute atomic E-state index is 0.115. The zero-order chi connectivity index (χ0) is 10.9. The Hall–Kier alpha value is -1.52. The fourth-order valence-corrected chi connectivity index (χ4v) is 1.23. The molecule has 0 heterocycles. The van der Waals surface area contributed by atoms with E-state index < -0.39 is 22.2 Å². The highest BCUT2D eigenvalue weighted by Crippen LogP contribution is 2.26. The van der Waals surface area contributed by atoms with Crippen LogP contribution in [0.25, 0.3) is 0 Å². The number of halogens is 2. The highest BCUT2D eigenvalue weighted by Gasteiger charge is 2.18. The Morgan fingerprint density at radius 2 is 1.71 bits per heavy atom. The first-order valence-electron chi connectivity index (χ1n) is 4.06. The smallest absolute Gasteiger partial charge is 0.258 e. The van der Waals surface area contributed by atoms with Crippen LogP contribution in [0, 0.1) is 21.7 Å². The largest absolute Gasteiger partial charge is 0.275 e. The van der Waals surface area contributed by atoms with Gasteiger partial charge in [0.2, 0.25) is 0 Å². The molecule has 0 bridgehead atoms. The van der Waals surface area contributed by atoms with Crippen LogP contribution < -0.4 is 0 Å². The number of nitrogens with zero attached hydrogens (tertiary/aromatic N) is 1. The molecule has 0 N–H and O–H groups in total. The average molecular weight is 201 g/mol. The molecule has 1 rings (SSSR count). The molecule has 1 aromatic rings. The van der Waals surface area contributed by atoms with Crippen molar-refractivity contribution < 1.29 is 13.7 Å². The molecule has 5 heteroatoms. The molecule has 3 nitrogen and oxygen atoms in total. The molecule has 0 saturated carbocycles. The standard InChI is InChI=1S/C9H9F2NO2/c1-5(2)9-7(10)3-6(12(13)14)4-8(9)11/h3-5H,1-2H3. The highest BCUT2D eigenvalue weighted by atomic mass is 19.1. The van der Waals surface area contributed by atoms with Gasteiger partial charge in [-0.15, -0.1) is 0 Å². The van der Waals surface area contributed by atoms with Gasteiger partial charge in [-0.25, -0.2) is 8.78 Å². The summed E-state index contributed by atoms with van der Waals surface area (Å²) in [5.41, 5.74) is -0.681. The van der Waals surface area contributed by atoms with Crippen molar-refractivity contribution in [2.45, 2.75) is 19.8 Å². The Balaban J connectivity index is 3.32. The van der Waals surface area contributed by atoms with Crippen LogP contribution in [-0.4, -0.2) is 4.92 Å². The third kappa shape index (κ3) is 1.86. The number of nitro benzene ring substituents is 1. The number of rotatable bonds is 2. The van der Waals surface area contributed by atoms with Crippen LogP contribution in [0.4, 0.5) is 14.5 Å². The van der Waals surface area contributed by atoms with E-state index >= 15 is 0 Å². The van der Waals surface area contributed by atoms with Gasteiger partial charge >= 0.3 is 0 Å². The Morgan fingerprint density at radius 3 is 2.00 bits per heavy atom. The quantitative estimate of drug-likeness (QED) is 0.545. The summed E-state index contributed by atoms with van der Waals surface area (Å²) in [5, 5.41) is 10.3. The van der Waals surface area contributed by atoms with Gasteiger partial charge in [-0.1, -0.05) is 13.8 Å². The van der Waals surface area contributed by atoms with Gasteiger partial charge in [-0.3, -0.25) is 10.1 Å². The maximum absolute atomic E-state index is 13.2. The summed E-state index contributed by atoms with van der Waals surface area (Å²) < 4.78 is 26.4. The molecular formula is C9H9F2NO2. The first-order valence-corrected chi connectivity index (χ1v) is 4.06. The van der Waals surface area contributed by atoms with Crippen molar-refractivity contribution in [2.24, 2.45) is 0 Å². The molecule has 0 atom stereocenters. The molecule has 0 aromatic heterocycles. The van der Waals surface area contributed by atoms with E-state index in [1.54, 1.807) is 13.8 Å². The summed E-state index contributed by atoms with van der Waals surface area (Å²) >= 11 is 0. The highest BCUT2D eigenvalue weighted by molar-refractivity contribution is 5.36. The third-order valence-corrected chi connectivity index (χ3v) is 1.85. The fraction of sp³-hybridized carbons (Fsp3) is 0.333. The third-order valence-electron chi connectivity index (χ3n) is 1.85. The summed E-state index contributed by atoms with van der Waals surface area (Å²) in [6.45, 7) is 3.24. The zero-order valence-electron chi connectivity index (χ0n) is 7.75. The number of hydrogen-bond acceptors (Lipinski definition) is 2. The second-order valence-corrected chi connectivity index (χ2v) is 3.23. The Labute approximate surface area is 79.5 Å². The lowest BCUT2D eigenvalue weighted by Crippen LogP contribution is -2.00. The van der Waals surface area contributed by atoms with Crippen molar-refractivity contribution in [3.8, 4) is 0 Å². The fourth-order valence-electron chi connectivity index (χ4n) is 1.23. The molecule has 0 aliphatic heterocycles. The molecule has 76 valence electrons. The molecular weight excluding hydrogens is 192 g/mol. The predicted octanol–water partition coefficient (Wildman–Crippen LogP) is 3.00. The van der Waals surface area contributed by atoms with Crippen molar-refractivity contribution in [1.29, 1.82) is 0 Å². The van der Waals surface area contributed by atoms with Crippen LogP contribution in [0.3, 0.4) is 0 Å². The van der Waals surface area contributed by atoms with Crippen LogP contribution in [-0.2, 0) is 0 Å². The van der Waals surface area contributed by atoms with Gasteiger partial charge in [-0.2, -0.15) is 0 Å². The maximum atomic E-state index is 13.2. The molecule has 0 spiro atoms. The average Bonchev–Trinajstić information content (AvgIpc) is 2.01. The molecule has 0 radical (unpaired) electrons. The minimum Gasteiger partial charge on any atom is -0.258 e. The Kier molecular flexibility index (Phi) is 2.78. The Bertz CT molecular complexity index is 354. The predicted molar refractivity (Wildman–Crippen MR) is 47.1 cm³/mol. The number of hydrogen-bond donors (Lipinski definition) is 0. The molecule has 0 aliphatic rings. The van der Waals surface area contributed by atoms with E-state index in [0.29, 0.717) is 0 Å². The maximum Gasteiger partial charge on any atom is 0.275 e. The summed E-state index contributed by atoms with van der Waals surface area (Å²) in [7, 11) is 0. The van der Waals surface area contributed by atoms with Crippen molar-refractivity contribution in [3.05, 3.63) is 39.4 Å². The topological polar surface area (TPSA) is 43.1 Å². The van der Waals surface area contributed by atoms with Gasteiger partial charge in [0.1, 0.15) is 11.6 Å². The van der Waals surface area contributed by atoms with Gasteiger partial charge in [0.25, 0.3) is 5.69 Å². The van der Waals surface area contributed by atoms with Crippen LogP contribution in [0.15, 0.2) is 12.1 Å². The van der Waals surface area contributed by atoms with Crippen LogP contribution in [0.2, 0.25) is 0 Å². The molecule has 14 heavy (non-hydrogen) atoms. The van der Waals surface area contributed by atoms with E-state index in [4.69, 9.17) is 0 Å². The summed E-state index contributed by atoms with van der Waals surface area (Å²) in [4.78, 5) is 9.44. The van der Waals surface area contributed by atoms with E-state index in [2.05, 4.69) is 0 Å². The van der Waals surface area contributed by atoms with Crippen LogP contribution in [0.1, 0.15) is 25.3 Å². The van der Waals surface area contributed by atoms with E-state index in [0.717, 1.165) is 12.1 Å². The number of benzene rings is 1. The second kappa shape index (κ2) is 3.69. The van der Waals surface area contributed by atoms with Crippen LogP contribution >= 0.6 is 0 Å². The van der Waals surface area contributed by atoms with Crippen molar-refractivity contribution in [2.75, 3.05) is 0 Å². The first-order chi connectivity index (χ1) is 6.43. The molecule has 0 fully saturated rings. The normalized spacial score (nSPS) is 10.6. The van der Waals surface area contributed by atoms with Crippen molar-refractivity contribution >= 4 is 5.69 Å². The van der Waals surface area contributed by atoms with E-state index in [9.17, 15) is 18.9 Å². The van der Waals surface area contributed by atoms with Crippen LogP contribution in [0.5, 0.6) is 0 Å². The molecule has 0 saturated heterocycles. The van der Waals surface area contributed by atoms with Gasteiger partial charge in [0.05, 0.1) is 17.1 Å². The van der Waals surface area contributed by atoms with E-state index in [-0.39, 0.29) is 11.5 Å². The molecule has 0 unspecified atom stereocenters. The summed E-state index contributed by atoms with van der Waals surface area (Å²) in [6.07, 6.45) is 0. The monoisotopic (exact) mass is 201 g/mol. The van der Waals surface area contributed by atoms with Crippen molar-refractivity contribution in [3.63, 3.8) is 0 Å². The number of nitro groups is 1. The summed E-state index contributed by atoms with van der Waals surface area (Å²) in [6, 6.07) is 1.47. The molecule has 1 aromatic carbocycles. The lowest BCUT2D eigenvalue weighted by molar-refractivity contribution is -0.385. The molecule has 0 aliphatic carbocycles. The summed E-state index contributed by atoms with van der Waals surface area (Å²) in [5.74, 6) is -2.07. The minimum atomic E-state index is -0.869. The van der Waals surface area contributed by atoms with E-state index in [1.807, 2.05) is 0 Å². The van der Waals surface area contributed by atoms with Gasteiger partial charge < -0.3 is 0 Å². The van der Waals surface area contributed by atoms with E-state index in [1.165, 1.54) is 0 Å². The number of non-ortho nitro benzene ring substituents is 1.